The van der Waals surface area contributed by atoms with E-state index in [0.717, 1.165) is 21.4 Å². The fourth-order valence-corrected chi connectivity index (χ4v) is 2.57. The van der Waals surface area contributed by atoms with Crippen molar-refractivity contribution in [1.29, 1.82) is 0 Å². The number of anilines is 1. The summed E-state index contributed by atoms with van der Waals surface area (Å²) < 4.78 is 11.4. The van der Waals surface area contributed by atoms with E-state index in [1.165, 1.54) is 0 Å². The van der Waals surface area contributed by atoms with Gasteiger partial charge in [-0.3, -0.25) is 0 Å². The molecule has 0 aliphatic heterocycles. The van der Waals surface area contributed by atoms with Crippen LogP contribution in [0, 0.1) is 13.8 Å². The number of aromatic nitrogens is 2. The van der Waals surface area contributed by atoms with Gasteiger partial charge in [-0.15, -0.1) is 0 Å². The maximum atomic E-state index is 5.29. The summed E-state index contributed by atoms with van der Waals surface area (Å²) in [6, 6.07) is 5.62. The lowest BCUT2D eigenvalue weighted by atomic mass is 10.2. The number of methoxy groups -OCH3 is 2. The summed E-state index contributed by atoms with van der Waals surface area (Å²) in [7, 11) is 3.18. The highest BCUT2D eigenvalue weighted by Gasteiger charge is 2.09. The second-order valence-electron chi connectivity index (χ2n) is 4.58. The number of ether oxygens (including phenoxy) is 2. The van der Waals surface area contributed by atoms with Crippen LogP contribution in [0.4, 0.5) is 5.95 Å². The molecule has 0 saturated heterocycles. The van der Waals surface area contributed by atoms with Crippen LogP contribution in [0.3, 0.4) is 0 Å². The minimum atomic E-state index is 0.466. The second kappa shape index (κ2) is 7.22. The molecule has 1 aromatic carbocycles. The Bertz CT molecular complexity index is 684. The number of rotatable bonds is 5. The van der Waals surface area contributed by atoms with Crippen LogP contribution in [-0.2, 0) is 0 Å². The first-order chi connectivity index (χ1) is 10.5. The lowest BCUT2D eigenvalue weighted by Crippen LogP contribution is -2.00. The van der Waals surface area contributed by atoms with Crippen LogP contribution in [0.5, 0.6) is 11.5 Å². The normalized spacial score (nSPS) is 10.8. The van der Waals surface area contributed by atoms with Gasteiger partial charge in [-0.2, -0.15) is 5.10 Å². The van der Waals surface area contributed by atoms with E-state index in [4.69, 9.17) is 9.47 Å². The number of hydrazone groups is 1. The maximum absolute atomic E-state index is 5.29. The zero-order chi connectivity index (χ0) is 16.1. The molecule has 0 aliphatic rings. The minimum Gasteiger partial charge on any atom is -0.493 e. The van der Waals surface area contributed by atoms with E-state index in [0.29, 0.717) is 17.4 Å². The number of hydrogen-bond acceptors (Lipinski definition) is 6. The van der Waals surface area contributed by atoms with Gasteiger partial charge in [0.05, 0.1) is 24.9 Å². The number of nitrogens with zero attached hydrogens (tertiary/aromatic N) is 3. The van der Waals surface area contributed by atoms with Crippen molar-refractivity contribution >= 4 is 28.1 Å². The molecule has 2 aromatic rings. The maximum Gasteiger partial charge on any atom is 0.243 e. The summed E-state index contributed by atoms with van der Waals surface area (Å²) in [5.74, 6) is 1.74. The van der Waals surface area contributed by atoms with Gasteiger partial charge in [0.1, 0.15) is 0 Å². The van der Waals surface area contributed by atoms with Crippen molar-refractivity contribution in [3.63, 3.8) is 0 Å². The average molecular weight is 365 g/mol. The Labute approximate surface area is 137 Å². The van der Waals surface area contributed by atoms with E-state index >= 15 is 0 Å². The molecule has 7 heteroatoms. The molecule has 2 rings (SSSR count). The first-order valence-corrected chi connectivity index (χ1v) is 7.35. The largest absolute Gasteiger partial charge is 0.493 e. The van der Waals surface area contributed by atoms with E-state index in [1.807, 2.05) is 32.0 Å². The van der Waals surface area contributed by atoms with Gasteiger partial charge in [0.2, 0.25) is 5.95 Å². The third kappa shape index (κ3) is 3.94. The monoisotopic (exact) mass is 364 g/mol. The lowest BCUT2D eigenvalue weighted by molar-refractivity contribution is 0.353. The molecule has 0 unspecified atom stereocenters. The predicted molar refractivity (Wildman–Crippen MR) is 90.0 cm³/mol. The van der Waals surface area contributed by atoms with Gasteiger partial charge in [-0.1, -0.05) is 0 Å². The van der Waals surface area contributed by atoms with E-state index in [2.05, 4.69) is 36.4 Å². The molecular weight excluding hydrogens is 348 g/mol. The van der Waals surface area contributed by atoms with E-state index in [1.54, 1.807) is 20.4 Å². The van der Waals surface area contributed by atoms with Crippen molar-refractivity contribution < 1.29 is 9.47 Å². The highest BCUT2D eigenvalue weighted by molar-refractivity contribution is 9.10. The molecule has 0 fully saturated rings. The summed E-state index contributed by atoms with van der Waals surface area (Å²) in [6.45, 7) is 3.82. The van der Waals surface area contributed by atoms with Crippen molar-refractivity contribution in [3.05, 3.63) is 39.6 Å². The lowest BCUT2D eigenvalue weighted by Gasteiger charge is -2.10. The molecule has 0 aliphatic carbocycles. The zero-order valence-corrected chi connectivity index (χ0v) is 14.4. The van der Waals surface area contributed by atoms with Gasteiger partial charge in [-0.25, -0.2) is 15.4 Å². The first kappa shape index (κ1) is 16.2. The SMILES string of the molecule is COc1cc(C=NNc2nc(C)cc(C)n2)cc(Br)c1OC. The molecule has 0 radical (unpaired) electrons. The van der Waals surface area contributed by atoms with Crippen LogP contribution in [0.1, 0.15) is 17.0 Å². The highest BCUT2D eigenvalue weighted by atomic mass is 79.9. The predicted octanol–water partition coefficient (Wildman–Crippen LogP) is 3.32. The van der Waals surface area contributed by atoms with Crippen molar-refractivity contribution in [1.82, 2.24) is 9.97 Å². The summed E-state index contributed by atoms with van der Waals surface area (Å²) in [6.07, 6.45) is 1.66. The number of hydrogen-bond donors (Lipinski definition) is 1. The van der Waals surface area contributed by atoms with Crippen LogP contribution in [0.2, 0.25) is 0 Å². The zero-order valence-electron chi connectivity index (χ0n) is 12.8. The van der Waals surface area contributed by atoms with Gasteiger partial charge >= 0.3 is 0 Å². The topological polar surface area (TPSA) is 68.6 Å². The van der Waals surface area contributed by atoms with Crippen molar-refractivity contribution in [2.45, 2.75) is 13.8 Å². The molecule has 0 atom stereocenters. The smallest absolute Gasteiger partial charge is 0.243 e. The van der Waals surface area contributed by atoms with Crippen LogP contribution in [0.25, 0.3) is 0 Å². The Balaban J connectivity index is 2.18. The van der Waals surface area contributed by atoms with Crippen LogP contribution in [-0.4, -0.2) is 30.4 Å². The van der Waals surface area contributed by atoms with Gasteiger partial charge in [0, 0.05) is 11.4 Å². The first-order valence-electron chi connectivity index (χ1n) is 6.56. The number of benzene rings is 1. The average Bonchev–Trinajstić information content (AvgIpc) is 2.45. The number of nitrogens with one attached hydrogen (secondary N) is 1. The van der Waals surface area contributed by atoms with Crippen molar-refractivity contribution in [3.8, 4) is 11.5 Å². The molecule has 116 valence electrons. The molecule has 0 amide bonds. The fourth-order valence-electron chi connectivity index (χ4n) is 1.95. The quantitative estimate of drug-likeness (QED) is 0.650. The third-order valence-corrected chi connectivity index (χ3v) is 3.41. The number of aryl methyl sites for hydroxylation is 2. The van der Waals surface area contributed by atoms with Crippen LogP contribution >= 0.6 is 15.9 Å². The van der Waals surface area contributed by atoms with Crippen LogP contribution < -0.4 is 14.9 Å². The van der Waals surface area contributed by atoms with Gasteiger partial charge in [0.15, 0.2) is 11.5 Å². The van der Waals surface area contributed by atoms with E-state index in [9.17, 15) is 0 Å². The Hall–Kier alpha value is -2.15. The highest BCUT2D eigenvalue weighted by Crippen LogP contribution is 2.35. The van der Waals surface area contributed by atoms with Gasteiger partial charge < -0.3 is 9.47 Å². The summed E-state index contributed by atoms with van der Waals surface area (Å²) >= 11 is 3.44. The Morgan fingerprint density at radius 3 is 2.36 bits per heavy atom. The molecule has 0 spiro atoms. The Morgan fingerprint density at radius 1 is 1.09 bits per heavy atom. The molecule has 0 bridgehead atoms. The molecule has 1 aromatic heterocycles. The Kier molecular flexibility index (Phi) is 5.32. The number of halogens is 1. The summed E-state index contributed by atoms with van der Waals surface area (Å²) in [5, 5.41) is 4.15. The van der Waals surface area contributed by atoms with Gasteiger partial charge in [0.25, 0.3) is 0 Å². The van der Waals surface area contributed by atoms with Crippen molar-refractivity contribution in [2.75, 3.05) is 19.6 Å². The standard InChI is InChI=1S/C15H17BrN4O2/c1-9-5-10(2)19-15(18-9)20-17-8-11-6-12(16)14(22-4)13(7-11)21-3/h5-8H,1-4H3,(H,18,19,20). The minimum absolute atomic E-state index is 0.466. The third-order valence-electron chi connectivity index (χ3n) is 2.82. The molecule has 0 saturated carbocycles. The van der Waals surface area contributed by atoms with E-state index in [-0.39, 0.29) is 0 Å². The van der Waals surface area contributed by atoms with Gasteiger partial charge in [-0.05, 0) is 53.5 Å². The summed E-state index contributed by atoms with van der Waals surface area (Å²) in [5.41, 5.74) is 5.44. The molecule has 1 N–H and O–H groups in total. The molecule has 6 nitrogen and oxygen atoms in total. The van der Waals surface area contributed by atoms with Crippen LogP contribution in [0.15, 0.2) is 27.8 Å². The van der Waals surface area contributed by atoms with E-state index < -0.39 is 0 Å². The van der Waals surface area contributed by atoms with Crippen molar-refractivity contribution in [2.24, 2.45) is 5.10 Å². The molecular formula is C15H17BrN4O2. The fraction of sp³-hybridized carbons (Fsp3) is 0.267. The molecule has 22 heavy (non-hydrogen) atoms. The molecule has 1 heterocycles. The summed E-state index contributed by atoms with van der Waals surface area (Å²) in [4.78, 5) is 8.51. The Morgan fingerprint density at radius 2 is 1.77 bits per heavy atom. The second-order valence-corrected chi connectivity index (χ2v) is 5.44.